The van der Waals surface area contributed by atoms with E-state index in [9.17, 15) is 9.59 Å². The van der Waals surface area contributed by atoms with Crippen LogP contribution >= 0.6 is 23.2 Å². The third-order valence-corrected chi connectivity index (χ3v) is 5.69. The summed E-state index contributed by atoms with van der Waals surface area (Å²) in [5.41, 5.74) is 2.32. The Bertz CT molecular complexity index is 1260. The number of carbonyl (C=O) groups is 2. The number of para-hydroxylation sites is 2. The monoisotopic (exact) mass is 628 g/mol. The zero-order valence-electron chi connectivity index (χ0n) is 22.7. The van der Waals surface area contributed by atoms with E-state index in [0.717, 1.165) is 11.5 Å². The van der Waals surface area contributed by atoms with Crippen LogP contribution in [0.2, 0.25) is 10.0 Å². The van der Waals surface area contributed by atoms with Gasteiger partial charge in [-0.15, -0.1) is 0 Å². The van der Waals surface area contributed by atoms with Crippen molar-refractivity contribution in [3.05, 3.63) is 129 Å². The Balaban J connectivity index is 0. The maximum Gasteiger partial charge on any atom is 1.00 e. The Morgan fingerprint density at radius 1 is 0.619 bits per heavy atom. The van der Waals surface area contributed by atoms with E-state index in [-0.39, 0.29) is 60.4 Å². The van der Waals surface area contributed by atoms with Gasteiger partial charge in [0.25, 0.3) is 0 Å². The molecule has 0 aliphatic carbocycles. The molecule has 0 aliphatic heterocycles. The molecule has 1 N–H and O–H groups in total. The summed E-state index contributed by atoms with van der Waals surface area (Å²) in [6.45, 7) is 0.518. The molecule has 4 aromatic carbocycles. The molecule has 0 saturated heterocycles. The molecular weight excluding hydrogens is 597 g/mol. The smallest absolute Gasteiger partial charge is 0.870 e. The number of rotatable bonds is 8. The molecule has 0 radical (unpaired) electrons. The molecule has 0 aromatic heterocycles. The fourth-order valence-electron chi connectivity index (χ4n) is 3.34. The Morgan fingerprint density at radius 3 is 1.26 bits per heavy atom. The standard InChI is InChI=1S/2C15H13ClO3.CH4.FH.Na.H2O/c2*1-18-15(17)14-8-7-12(16)9-11(14)10-19-13-5-3-2-4-6-13;;;;/h2*2-9H,10H2,1H3;1H4;1H;;1H2/q;;;;+1;/p-1. The van der Waals surface area contributed by atoms with Crippen LogP contribution in [-0.4, -0.2) is 31.6 Å². The van der Waals surface area contributed by atoms with Gasteiger partial charge in [0.2, 0.25) is 0 Å². The van der Waals surface area contributed by atoms with Crippen molar-refractivity contribution in [2.75, 3.05) is 14.2 Å². The second-order valence-corrected chi connectivity index (χ2v) is 8.66. The molecule has 7 nitrogen and oxygen atoms in total. The van der Waals surface area contributed by atoms with Crippen LogP contribution in [0.1, 0.15) is 39.3 Å². The molecule has 0 fully saturated rings. The molecule has 0 unspecified atom stereocenters. The summed E-state index contributed by atoms with van der Waals surface area (Å²) in [4.78, 5) is 23.3. The number of esters is 2. The second kappa shape index (κ2) is 21.6. The number of carbonyl (C=O) groups excluding carboxylic acids is 2. The molecule has 0 heterocycles. The first kappa shape index (κ1) is 41.0. The Kier molecular flexibility index (Phi) is 21.1. The molecule has 4 aromatic rings. The predicted octanol–water partition coefficient (Wildman–Crippen LogP) is 5.03. The molecule has 0 aliphatic rings. The average Bonchev–Trinajstić information content (AvgIpc) is 2.95. The Labute approximate surface area is 277 Å². The van der Waals surface area contributed by atoms with Crippen molar-refractivity contribution < 1.29 is 68.3 Å². The van der Waals surface area contributed by atoms with Crippen LogP contribution in [0, 0.1) is 0 Å². The number of ether oxygens (including phenoxy) is 4. The van der Waals surface area contributed by atoms with Gasteiger partial charge in [-0.2, -0.15) is 0 Å². The molecule has 0 amide bonds. The van der Waals surface area contributed by atoms with Crippen LogP contribution in [0.25, 0.3) is 0 Å². The van der Waals surface area contributed by atoms with Crippen molar-refractivity contribution >= 4 is 35.1 Å². The van der Waals surface area contributed by atoms with E-state index in [1.54, 1.807) is 36.4 Å². The van der Waals surface area contributed by atoms with E-state index >= 15 is 0 Å². The van der Waals surface area contributed by atoms with E-state index in [4.69, 9.17) is 42.1 Å². The van der Waals surface area contributed by atoms with Gasteiger partial charge in [-0.05, 0) is 60.7 Å². The minimum absolute atomic E-state index is 0. The number of hydrogen-bond donors (Lipinski definition) is 0. The van der Waals surface area contributed by atoms with Crippen LogP contribution in [0.3, 0.4) is 0 Å². The molecule has 220 valence electrons. The van der Waals surface area contributed by atoms with Gasteiger partial charge in [0.1, 0.15) is 24.7 Å². The molecule has 42 heavy (non-hydrogen) atoms. The van der Waals surface area contributed by atoms with Crippen molar-refractivity contribution in [2.24, 2.45) is 0 Å². The van der Waals surface area contributed by atoms with Gasteiger partial charge in [-0.1, -0.05) is 67.0 Å². The number of halogens is 3. The largest absolute Gasteiger partial charge is 1.00 e. The van der Waals surface area contributed by atoms with Crippen LogP contribution in [0.5, 0.6) is 11.5 Å². The van der Waals surface area contributed by atoms with E-state index < -0.39 is 11.9 Å². The topological polar surface area (TPSA) is 101 Å². The Hall–Kier alpha value is -3.11. The summed E-state index contributed by atoms with van der Waals surface area (Å²) >= 11 is 11.9. The maximum atomic E-state index is 11.6. The molecule has 0 saturated carbocycles. The van der Waals surface area contributed by atoms with Crippen LogP contribution < -0.4 is 39.0 Å². The first-order valence-electron chi connectivity index (χ1n) is 11.5. The zero-order chi connectivity index (χ0) is 27.3. The van der Waals surface area contributed by atoms with Crippen LogP contribution in [0.15, 0.2) is 97.1 Å². The van der Waals surface area contributed by atoms with Gasteiger partial charge in [-0.3, -0.25) is 4.70 Å². The van der Waals surface area contributed by atoms with Gasteiger partial charge in [0.15, 0.2) is 0 Å². The van der Waals surface area contributed by atoms with E-state index in [0.29, 0.717) is 32.3 Å². The summed E-state index contributed by atoms with van der Waals surface area (Å²) in [5.74, 6) is 0.670. The van der Waals surface area contributed by atoms with Gasteiger partial charge in [0.05, 0.1) is 25.3 Å². The minimum Gasteiger partial charge on any atom is -0.870 e. The third kappa shape index (κ3) is 12.8. The number of methoxy groups -OCH3 is 2. The quantitative estimate of drug-likeness (QED) is 0.199. The normalized spacial score (nSPS) is 9.05. The van der Waals surface area contributed by atoms with Gasteiger partial charge < -0.3 is 24.4 Å². The van der Waals surface area contributed by atoms with Crippen LogP contribution in [0.4, 0.5) is 4.70 Å². The summed E-state index contributed by atoms with van der Waals surface area (Å²) in [6.07, 6.45) is 0. The third-order valence-electron chi connectivity index (χ3n) is 5.22. The SMILES string of the molecule is C.COC(=O)c1ccc(Cl)cc1COc1ccccc1.COC(=O)c1ccc(Cl)cc1COc1ccccc1.F.[Na+].[OH-]. The molecule has 11 heteroatoms. The molecular formula is C31H32Cl2FNaO7. The van der Waals surface area contributed by atoms with Crippen molar-refractivity contribution in [1.29, 1.82) is 0 Å². The fraction of sp³-hybridized carbons (Fsp3) is 0.161. The van der Waals surface area contributed by atoms with Crippen molar-refractivity contribution in [1.82, 2.24) is 0 Å². The van der Waals surface area contributed by atoms with E-state index in [1.807, 2.05) is 60.7 Å². The van der Waals surface area contributed by atoms with Gasteiger partial charge in [-0.25, -0.2) is 9.59 Å². The van der Waals surface area contributed by atoms with Crippen molar-refractivity contribution in [3.63, 3.8) is 0 Å². The first-order chi connectivity index (χ1) is 18.4. The zero-order valence-corrected chi connectivity index (χ0v) is 26.2. The number of hydrogen-bond acceptors (Lipinski definition) is 7. The van der Waals surface area contributed by atoms with Gasteiger partial charge >= 0.3 is 41.5 Å². The summed E-state index contributed by atoms with van der Waals surface area (Å²) in [6, 6.07) is 28.7. The Morgan fingerprint density at radius 2 is 0.952 bits per heavy atom. The summed E-state index contributed by atoms with van der Waals surface area (Å²) < 4.78 is 20.7. The molecule has 0 bridgehead atoms. The second-order valence-electron chi connectivity index (χ2n) is 7.79. The first-order valence-corrected chi connectivity index (χ1v) is 12.3. The minimum atomic E-state index is -0.400. The summed E-state index contributed by atoms with van der Waals surface area (Å²) in [5, 5.41) is 1.11. The molecule has 0 atom stereocenters. The molecule has 0 spiro atoms. The predicted molar refractivity (Wildman–Crippen MR) is 158 cm³/mol. The average molecular weight is 629 g/mol. The van der Waals surface area contributed by atoms with Gasteiger partial charge in [0, 0.05) is 21.2 Å². The summed E-state index contributed by atoms with van der Waals surface area (Å²) in [7, 11) is 2.69. The molecule has 4 rings (SSSR count). The number of benzene rings is 4. The van der Waals surface area contributed by atoms with E-state index in [1.165, 1.54) is 14.2 Å². The fourth-order valence-corrected chi connectivity index (χ4v) is 3.73. The van der Waals surface area contributed by atoms with Crippen molar-refractivity contribution in [3.8, 4) is 11.5 Å². The maximum absolute atomic E-state index is 11.6. The van der Waals surface area contributed by atoms with Crippen LogP contribution in [-0.2, 0) is 22.7 Å². The van der Waals surface area contributed by atoms with E-state index in [2.05, 4.69) is 0 Å². The van der Waals surface area contributed by atoms with Crippen molar-refractivity contribution in [2.45, 2.75) is 20.6 Å².